The summed E-state index contributed by atoms with van der Waals surface area (Å²) in [4.78, 5) is 28.9. The van der Waals surface area contributed by atoms with E-state index in [0.717, 1.165) is 0 Å². The zero-order valence-corrected chi connectivity index (χ0v) is 15.0. The molecule has 0 unspecified atom stereocenters. The van der Waals surface area contributed by atoms with Crippen LogP contribution in [0.2, 0.25) is 0 Å². The Hall–Kier alpha value is -4.18. The zero-order chi connectivity index (χ0) is 19.9. The van der Waals surface area contributed by atoms with Crippen molar-refractivity contribution in [2.75, 3.05) is 17.7 Å². The maximum atomic E-state index is 12.5. The van der Waals surface area contributed by atoms with Crippen LogP contribution in [-0.4, -0.2) is 23.9 Å². The van der Waals surface area contributed by atoms with Crippen molar-refractivity contribution in [1.29, 1.82) is 5.26 Å². The first-order chi connectivity index (χ1) is 13.6. The average molecular weight is 372 g/mol. The van der Waals surface area contributed by atoms with Crippen LogP contribution in [0.1, 0.15) is 26.4 Å². The number of aromatic nitrogens is 1. The molecule has 0 aliphatic rings. The van der Waals surface area contributed by atoms with Crippen LogP contribution < -0.4 is 15.4 Å². The van der Waals surface area contributed by atoms with Crippen LogP contribution in [0.5, 0.6) is 5.75 Å². The number of nitrogens with zero attached hydrogens (tertiary/aromatic N) is 2. The molecule has 28 heavy (non-hydrogen) atoms. The second kappa shape index (κ2) is 8.47. The second-order valence-corrected chi connectivity index (χ2v) is 5.72. The van der Waals surface area contributed by atoms with Gasteiger partial charge in [-0.05, 0) is 48.5 Å². The van der Waals surface area contributed by atoms with Crippen molar-refractivity contribution in [2.24, 2.45) is 0 Å². The number of para-hydroxylation sites is 1. The summed E-state index contributed by atoms with van der Waals surface area (Å²) in [6.45, 7) is 0. The lowest BCUT2D eigenvalue weighted by molar-refractivity contribution is 0.102. The number of hydrogen-bond donors (Lipinski definition) is 2. The molecule has 0 aliphatic heterocycles. The number of amides is 2. The number of anilines is 2. The Morgan fingerprint density at radius 2 is 1.75 bits per heavy atom. The maximum absolute atomic E-state index is 12.5. The van der Waals surface area contributed by atoms with E-state index in [0.29, 0.717) is 22.7 Å². The van der Waals surface area contributed by atoms with Crippen LogP contribution in [0.25, 0.3) is 0 Å². The van der Waals surface area contributed by atoms with Crippen LogP contribution in [-0.2, 0) is 0 Å². The molecule has 0 radical (unpaired) electrons. The van der Waals surface area contributed by atoms with Gasteiger partial charge in [-0.15, -0.1) is 0 Å². The molecule has 0 aliphatic carbocycles. The van der Waals surface area contributed by atoms with E-state index in [1.54, 1.807) is 55.6 Å². The summed E-state index contributed by atoms with van der Waals surface area (Å²) < 4.78 is 5.08. The number of rotatable bonds is 5. The molecule has 2 amide bonds. The Labute approximate surface area is 161 Å². The number of carbonyl (C=O) groups is 2. The van der Waals surface area contributed by atoms with Gasteiger partial charge in [0.2, 0.25) is 0 Å². The number of nitriles is 1. The van der Waals surface area contributed by atoms with Crippen molar-refractivity contribution in [2.45, 2.75) is 0 Å². The number of benzene rings is 2. The molecule has 7 nitrogen and oxygen atoms in total. The number of hydrogen-bond acceptors (Lipinski definition) is 5. The van der Waals surface area contributed by atoms with Gasteiger partial charge < -0.3 is 15.4 Å². The minimum atomic E-state index is -0.447. The van der Waals surface area contributed by atoms with Gasteiger partial charge in [-0.25, -0.2) is 0 Å². The Morgan fingerprint density at radius 3 is 2.46 bits per heavy atom. The molecule has 2 N–H and O–H groups in total. The van der Waals surface area contributed by atoms with Gasteiger partial charge in [0, 0.05) is 17.4 Å². The molecule has 0 atom stereocenters. The van der Waals surface area contributed by atoms with Crippen molar-refractivity contribution in [1.82, 2.24) is 4.98 Å². The van der Waals surface area contributed by atoms with E-state index in [2.05, 4.69) is 15.6 Å². The molecule has 7 heteroatoms. The molecule has 3 aromatic rings. The fraction of sp³-hybridized carbons (Fsp3) is 0.0476. The maximum Gasteiger partial charge on any atom is 0.274 e. The van der Waals surface area contributed by atoms with Gasteiger partial charge in [-0.3, -0.25) is 14.6 Å². The lowest BCUT2D eigenvalue weighted by Gasteiger charge is -2.09. The third-order valence-electron chi connectivity index (χ3n) is 3.90. The largest absolute Gasteiger partial charge is 0.497 e. The van der Waals surface area contributed by atoms with Gasteiger partial charge in [0.05, 0.1) is 18.4 Å². The van der Waals surface area contributed by atoms with Crippen molar-refractivity contribution in [3.05, 3.63) is 83.7 Å². The summed E-state index contributed by atoms with van der Waals surface area (Å²) in [7, 11) is 1.56. The van der Waals surface area contributed by atoms with Crippen LogP contribution in [0.3, 0.4) is 0 Å². The summed E-state index contributed by atoms with van der Waals surface area (Å²) in [6.07, 6.45) is 1.38. The molecule has 0 saturated heterocycles. The number of ether oxygens (including phenoxy) is 1. The van der Waals surface area contributed by atoms with Gasteiger partial charge in [-0.1, -0.05) is 12.1 Å². The van der Waals surface area contributed by atoms with Gasteiger partial charge >= 0.3 is 0 Å². The number of carbonyl (C=O) groups excluding carboxylic acids is 2. The molecule has 138 valence electrons. The molecular weight excluding hydrogens is 356 g/mol. The molecular formula is C21H16N4O3. The van der Waals surface area contributed by atoms with Gasteiger partial charge in [0.1, 0.15) is 17.5 Å². The Bertz CT molecular complexity index is 1060. The second-order valence-electron chi connectivity index (χ2n) is 5.72. The highest BCUT2D eigenvalue weighted by molar-refractivity contribution is 6.08. The number of methoxy groups -OCH3 is 1. The average Bonchev–Trinajstić information content (AvgIpc) is 2.74. The van der Waals surface area contributed by atoms with E-state index < -0.39 is 11.8 Å². The van der Waals surface area contributed by atoms with Gasteiger partial charge in [-0.2, -0.15) is 5.26 Å². The standard InChI is InChI=1S/C21H16N4O3/c1-28-17-8-6-16(7-9-17)24-21(27)19-12-14(10-11-23-19)20(26)25-18-5-3-2-4-15(18)13-22/h2-12H,1H3,(H,24,27)(H,25,26). The predicted molar refractivity (Wildman–Crippen MR) is 104 cm³/mol. The first kappa shape index (κ1) is 18.6. The Balaban J connectivity index is 1.74. The SMILES string of the molecule is COc1ccc(NC(=O)c2cc(C(=O)Nc3ccccc3C#N)ccn2)cc1. The quantitative estimate of drug-likeness (QED) is 0.714. The molecule has 0 bridgehead atoms. The third-order valence-corrected chi connectivity index (χ3v) is 3.90. The van der Waals surface area contributed by atoms with E-state index >= 15 is 0 Å². The van der Waals surface area contributed by atoms with Crippen molar-refractivity contribution < 1.29 is 14.3 Å². The number of pyridine rings is 1. The van der Waals surface area contributed by atoms with Crippen LogP contribution >= 0.6 is 0 Å². The first-order valence-corrected chi connectivity index (χ1v) is 8.32. The summed E-state index contributed by atoms with van der Waals surface area (Å²) in [5, 5.41) is 14.5. The lowest BCUT2D eigenvalue weighted by Crippen LogP contribution is -2.17. The van der Waals surface area contributed by atoms with Gasteiger partial charge in [0.15, 0.2) is 0 Å². The van der Waals surface area contributed by atoms with Crippen LogP contribution in [0.15, 0.2) is 66.9 Å². The molecule has 0 saturated carbocycles. The highest BCUT2D eigenvalue weighted by Gasteiger charge is 2.13. The van der Waals surface area contributed by atoms with Crippen LogP contribution in [0, 0.1) is 11.3 Å². The number of nitrogens with one attached hydrogen (secondary N) is 2. The molecule has 0 spiro atoms. The summed E-state index contributed by atoms with van der Waals surface area (Å²) in [5.41, 5.74) is 1.67. The molecule has 0 fully saturated rings. The predicted octanol–water partition coefficient (Wildman–Crippen LogP) is 3.47. The normalized spacial score (nSPS) is 9.86. The van der Waals surface area contributed by atoms with E-state index in [-0.39, 0.29) is 11.3 Å². The highest BCUT2D eigenvalue weighted by atomic mass is 16.5. The summed E-state index contributed by atoms with van der Waals surface area (Å²) >= 11 is 0. The molecule has 2 aromatic carbocycles. The van der Waals surface area contributed by atoms with Gasteiger partial charge in [0.25, 0.3) is 11.8 Å². The van der Waals surface area contributed by atoms with Crippen molar-refractivity contribution in [3.8, 4) is 11.8 Å². The highest BCUT2D eigenvalue weighted by Crippen LogP contribution is 2.17. The first-order valence-electron chi connectivity index (χ1n) is 8.32. The van der Waals surface area contributed by atoms with E-state index in [4.69, 9.17) is 10.00 Å². The zero-order valence-electron chi connectivity index (χ0n) is 15.0. The Morgan fingerprint density at radius 1 is 1.00 bits per heavy atom. The van der Waals surface area contributed by atoms with E-state index in [9.17, 15) is 9.59 Å². The van der Waals surface area contributed by atoms with Crippen LogP contribution in [0.4, 0.5) is 11.4 Å². The topological polar surface area (TPSA) is 104 Å². The van der Waals surface area contributed by atoms with E-state index in [1.807, 2.05) is 6.07 Å². The smallest absolute Gasteiger partial charge is 0.274 e. The molecule has 1 heterocycles. The minimum Gasteiger partial charge on any atom is -0.497 e. The molecule has 3 rings (SSSR count). The third kappa shape index (κ3) is 4.31. The Kier molecular flexibility index (Phi) is 5.63. The van der Waals surface area contributed by atoms with Crippen molar-refractivity contribution in [3.63, 3.8) is 0 Å². The lowest BCUT2D eigenvalue weighted by atomic mass is 10.1. The summed E-state index contributed by atoms with van der Waals surface area (Å²) in [5.74, 6) is -0.215. The fourth-order valence-electron chi connectivity index (χ4n) is 2.45. The summed E-state index contributed by atoms with van der Waals surface area (Å²) in [6, 6.07) is 18.4. The molecule has 1 aromatic heterocycles. The fourth-order valence-corrected chi connectivity index (χ4v) is 2.45. The minimum absolute atomic E-state index is 0.0945. The van der Waals surface area contributed by atoms with Crippen molar-refractivity contribution >= 4 is 23.2 Å². The van der Waals surface area contributed by atoms with E-state index in [1.165, 1.54) is 18.3 Å². The monoisotopic (exact) mass is 372 g/mol.